The Bertz CT molecular complexity index is 458. The van der Waals surface area contributed by atoms with Crippen molar-refractivity contribution in [2.75, 3.05) is 0 Å². The third kappa shape index (κ3) is 4.32. The molecule has 0 radical (unpaired) electrons. The smallest absolute Gasteiger partial charge is 0.240 e. The molecule has 0 aliphatic heterocycles. The van der Waals surface area contributed by atoms with Crippen LogP contribution in [0.3, 0.4) is 0 Å². The molecule has 1 N–H and O–H groups in total. The lowest BCUT2D eigenvalue weighted by atomic mass is 9.80. The molecule has 104 valence electrons. The van der Waals surface area contributed by atoms with E-state index >= 15 is 0 Å². The largest absolute Gasteiger partial charge is 0.350 e. The van der Waals surface area contributed by atoms with Gasteiger partial charge in [0.05, 0.1) is 12.6 Å². The number of carbonyl (C=O) groups is 1. The first-order valence-corrected chi connectivity index (χ1v) is 8.17. The number of nitrogens with one attached hydrogen (secondary N) is 1. The number of nitrogens with zero attached hydrogens (tertiary/aromatic N) is 1. The van der Waals surface area contributed by atoms with Gasteiger partial charge in [-0.1, -0.05) is 26.7 Å². The summed E-state index contributed by atoms with van der Waals surface area (Å²) in [7, 11) is 0. The van der Waals surface area contributed by atoms with Gasteiger partial charge in [-0.25, -0.2) is 0 Å². The minimum absolute atomic E-state index is 0.136. The molecule has 1 rings (SSSR count). The second-order valence-electron chi connectivity index (χ2n) is 4.61. The molecule has 19 heavy (non-hydrogen) atoms. The van der Waals surface area contributed by atoms with Crippen molar-refractivity contribution in [3.8, 4) is 6.07 Å². The Kier molecular flexibility index (Phi) is 6.53. The predicted molar refractivity (Wildman–Crippen MR) is 81.7 cm³/mol. The summed E-state index contributed by atoms with van der Waals surface area (Å²) in [5.74, 6) is -0.136. The molecule has 0 bridgehead atoms. The standard InChI is InChI=1S/C14H19BrN2OS/c1-3-5-14(10-16,6-4-2)13(18)17-8-12-7-11(15)9-19-12/h7,9H,3-6,8H2,1-2H3,(H,17,18). The normalized spacial score (nSPS) is 11.1. The Morgan fingerprint density at radius 2 is 2.11 bits per heavy atom. The van der Waals surface area contributed by atoms with Crippen LogP contribution in [-0.2, 0) is 11.3 Å². The number of carbonyl (C=O) groups excluding carboxylic acids is 1. The van der Waals surface area contributed by atoms with E-state index in [2.05, 4.69) is 27.3 Å². The summed E-state index contributed by atoms with van der Waals surface area (Å²) in [5, 5.41) is 14.3. The SMILES string of the molecule is CCCC(C#N)(CCC)C(=O)NCc1cc(Br)cs1. The zero-order valence-corrected chi connectivity index (χ0v) is 13.7. The minimum atomic E-state index is -0.863. The van der Waals surface area contributed by atoms with Crippen LogP contribution in [-0.4, -0.2) is 5.91 Å². The number of hydrogen-bond donors (Lipinski definition) is 1. The van der Waals surface area contributed by atoms with Crippen molar-refractivity contribution < 1.29 is 4.79 Å². The van der Waals surface area contributed by atoms with Crippen LogP contribution in [0, 0.1) is 16.7 Å². The summed E-state index contributed by atoms with van der Waals surface area (Å²) in [6, 6.07) is 4.23. The molecule has 0 saturated carbocycles. The summed E-state index contributed by atoms with van der Waals surface area (Å²) in [6.07, 6.45) is 2.92. The fourth-order valence-electron chi connectivity index (χ4n) is 2.15. The van der Waals surface area contributed by atoms with E-state index in [1.54, 1.807) is 11.3 Å². The molecular formula is C14H19BrN2OS. The average Bonchev–Trinajstić information content (AvgIpc) is 2.81. The summed E-state index contributed by atoms with van der Waals surface area (Å²) in [5.41, 5.74) is -0.863. The summed E-state index contributed by atoms with van der Waals surface area (Å²) >= 11 is 4.98. The van der Waals surface area contributed by atoms with Crippen molar-refractivity contribution >= 4 is 33.2 Å². The number of nitriles is 1. The van der Waals surface area contributed by atoms with Gasteiger partial charge in [0.15, 0.2) is 0 Å². The van der Waals surface area contributed by atoms with E-state index in [4.69, 9.17) is 0 Å². The van der Waals surface area contributed by atoms with Crippen molar-refractivity contribution in [1.82, 2.24) is 5.32 Å². The van der Waals surface area contributed by atoms with E-state index in [1.807, 2.05) is 25.3 Å². The highest BCUT2D eigenvalue weighted by Gasteiger charge is 2.36. The van der Waals surface area contributed by atoms with Crippen molar-refractivity contribution in [3.05, 3.63) is 20.8 Å². The van der Waals surface area contributed by atoms with E-state index in [0.717, 1.165) is 22.2 Å². The molecule has 0 saturated heterocycles. The second kappa shape index (κ2) is 7.66. The molecule has 1 heterocycles. The van der Waals surface area contributed by atoms with Gasteiger partial charge in [-0.2, -0.15) is 5.26 Å². The van der Waals surface area contributed by atoms with Crippen LogP contribution in [0.15, 0.2) is 15.9 Å². The van der Waals surface area contributed by atoms with E-state index < -0.39 is 5.41 Å². The van der Waals surface area contributed by atoms with Gasteiger partial charge in [0.2, 0.25) is 5.91 Å². The Labute approximate surface area is 127 Å². The van der Waals surface area contributed by atoms with Gasteiger partial charge in [0, 0.05) is 14.7 Å². The first-order chi connectivity index (χ1) is 9.07. The summed E-state index contributed by atoms with van der Waals surface area (Å²) in [4.78, 5) is 13.4. The molecule has 1 aromatic rings. The monoisotopic (exact) mass is 342 g/mol. The molecule has 0 aromatic carbocycles. The fourth-order valence-corrected chi connectivity index (χ4v) is 3.54. The maximum absolute atomic E-state index is 12.3. The van der Waals surface area contributed by atoms with Crippen molar-refractivity contribution in [2.24, 2.45) is 5.41 Å². The Hall–Kier alpha value is -0.860. The Morgan fingerprint density at radius 3 is 2.53 bits per heavy atom. The third-order valence-corrected chi connectivity index (χ3v) is 4.74. The van der Waals surface area contributed by atoms with Gasteiger partial charge in [0.1, 0.15) is 5.41 Å². The van der Waals surface area contributed by atoms with Gasteiger partial charge >= 0.3 is 0 Å². The summed E-state index contributed by atoms with van der Waals surface area (Å²) < 4.78 is 1.02. The fraction of sp³-hybridized carbons (Fsp3) is 0.571. The highest BCUT2D eigenvalue weighted by atomic mass is 79.9. The topological polar surface area (TPSA) is 52.9 Å². The zero-order chi connectivity index (χ0) is 14.3. The second-order valence-corrected chi connectivity index (χ2v) is 6.52. The van der Waals surface area contributed by atoms with E-state index in [0.29, 0.717) is 19.4 Å². The maximum atomic E-state index is 12.3. The number of rotatable bonds is 7. The molecule has 5 heteroatoms. The predicted octanol–water partition coefficient (Wildman–Crippen LogP) is 4.24. The molecule has 1 amide bonds. The Balaban J connectivity index is 2.69. The van der Waals surface area contributed by atoms with E-state index in [-0.39, 0.29) is 5.91 Å². The molecule has 0 atom stereocenters. The quantitative estimate of drug-likeness (QED) is 0.805. The molecule has 0 aliphatic carbocycles. The Morgan fingerprint density at radius 1 is 1.47 bits per heavy atom. The zero-order valence-electron chi connectivity index (χ0n) is 11.3. The lowest BCUT2D eigenvalue weighted by Gasteiger charge is -2.24. The number of amides is 1. The lowest BCUT2D eigenvalue weighted by Crippen LogP contribution is -2.39. The molecule has 0 unspecified atom stereocenters. The molecular weight excluding hydrogens is 324 g/mol. The lowest BCUT2D eigenvalue weighted by molar-refractivity contribution is -0.129. The molecule has 3 nitrogen and oxygen atoms in total. The van der Waals surface area contributed by atoms with Crippen molar-refractivity contribution in [2.45, 2.75) is 46.1 Å². The van der Waals surface area contributed by atoms with Gasteiger partial charge in [-0.05, 0) is 34.8 Å². The van der Waals surface area contributed by atoms with Gasteiger partial charge < -0.3 is 5.32 Å². The van der Waals surface area contributed by atoms with Gasteiger partial charge in [0.25, 0.3) is 0 Å². The van der Waals surface area contributed by atoms with E-state index in [9.17, 15) is 10.1 Å². The van der Waals surface area contributed by atoms with Crippen LogP contribution < -0.4 is 5.32 Å². The summed E-state index contributed by atoms with van der Waals surface area (Å²) in [6.45, 7) is 4.50. The number of halogens is 1. The third-order valence-electron chi connectivity index (χ3n) is 3.05. The first-order valence-electron chi connectivity index (χ1n) is 6.50. The molecule has 0 spiro atoms. The van der Waals surface area contributed by atoms with Crippen LogP contribution in [0.2, 0.25) is 0 Å². The molecule has 0 fully saturated rings. The van der Waals surface area contributed by atoms with Crippen molar-refractivity contribution in [3.63, 3.8) is 0 Å². The minimum Gasteiger partial charge on any atom is -0.350 e. The van der Waals surface area contributed by atoms with Gasteiger partial charge in [-0.15, -0.1) is 11.3 Å². The van der Waals surface area contributed by atoms with Crippen LogP contribution in [0.1, 0.15) is 44.4 Å². The number of thiophene rings is 1. The average molecular weight is 343 g/mol. The highest BCUT2D eigenvalue weighted by molar-refractivity contribution is 9.10. The van der Waals surface area contributed by atoms with Gasteiger partial charge in [-0.3, -0.25) is 4.79 Å². The highest BCUT2D eigenvalue weighted by Crippen LogP contribution is 2.29. The van der Waals surface area contributed by atoms with Crippen molar-refractivity contribution in [1.29, 1.82) is 5.26 Å². The number of hydrogen-bond acceptors (Lipinski definition) is 3. The van der Waals surface area contributed by atoms with Crippen LogP contribution >= 0.6 is 27.3 Å². The molecule has 1 aromatic heterocycles. The van der Waals surface area contributed by atoms with Crippen LogP contribution in [0.4, 0.5) is 0 Å². The first kappa shape index (κ1) is 16.2. The maximum Gasteiger partial charge on any atom is 0.240 e. The van der Waals surface area contributed by atoms with Crippen LogP contribution in [0.5, 0.6) is 0 Å². The van der Waals surface area contributed by atoms with Crippen LogP contribution in [0.25, 0.3) is 0 Å². The van der Waals surface area contributed by atoms with E-state index in [1.165, 1.54) is 0 Å². The molecule has 0 aliphatic rings.